The Balaban J connectivity index is 2.21. The molecule has 6 heteroatoms. The summed E-state index contributed by atoms with van der Waals surface area (Å²) in [5.41, 5.74) is 0. The van der Waals surface area contributed by atoms with Crippen molar-refractivity contribution < 1.29 is 19.4 Å². The van der Waals surface area contributed by atoms with Crippen LogP contribution >= 0.6 is 0 Å². The summed E-state index contributed by atoms with van der Waals surface area (Å²) in [7, 11) is 0. The van der Waals surface area contributed by atoms with E-state index in [-0.39, 0.29) is 24.5 Å². The molecule has 6 nitrogen and oxygen atoms in total. The van der Waals surface area contributed by atoms with Crippen LogP contribution in [0.15, 0.2) is 0 Å². The number of carboxylic acids is 1. The van der Waals surface area contributed by atoms with E-state index in [1.807, 2.05) is 0 Å². The first-order valence-corrected chi connectivity index (χ1v) is 5.44. The third-order valence-corrected chi connectivity index (χ3v) is 2.41. The standard InChI is InChI=1S/C10H18N2O4/c1-7(6-9(13)14)11-10(15)12-8-2-4-16-5-3-8/h7-8H,2-6H2,1H3,(H,13,14)(H2,11,12,15). The predicted octanol–water partition coefficient (Wildman–Crippen LogP) is 0.328. The third-order valence-electron chi connectivity index (χ3n) is 2.41. The summed E-state index contributed by atoms with van der Waals surface area (Å²) in [6, 6.07) is -0.538. The van der Waals surface area contributed by atoms with Gasteiger partial charge >= 0.3 is 12.0 Å². The predicted molar refractivity (Wildman–Crippen MR) is 57.2 cm³/mol. The van der Waals surface area contributed by atoms with Gasteiger partial charge in [0.25, 0.3) is 0 Å². The smallest absolute Gasteiger partial charge is 0.315 e. The Morgan fingerprint density at radius 3 is 2.62 bits per heavy atom. The fourth-order valence-electron chi connectivity index (χ4n) is 1.61. The number of ether oxygens (including phenoxy) is 1. The molecule has 0 spiro atoms. The lowest BCUT2D eigenvalue weighted by atomic mass is 10.1. The Morgan fingerprint density at radius 2 is 2.06 bits per heavy atom. The summed E-state index contributed by atoms with van der Waals surface area (Å²) in [6.45, 7) is 2.99. The van der Waals surface area contributed by atoms with Gasteiger partial charge in [-0.05, 0) is 19.8 Å². The average Bonchev–Trinajstić information content (AvgIpc) is 2.17. The highest BCUT2D eigenvalue weighted by molar-refractivity contribution is 5.75. The van der Waals surface area contributed by atoms with Crippen LogP contribution in [0.4, 0.5) is 4.79 Å². The molecule has 0 radical (unpaired) electrons. The third kappa shape index (κ3) is 4.97. The van der Waals surface area contributed by atoms with Gasteiger partial charge in [0, 0.05) is 25.3 Å². The quantitative estimate of drug-likeness (QED) is 0.649. The molecule has 1 unspecified atom stereocenters. The SMILES string of the molecule is CC(CC(=O)O)NC(=O)NC1CCOCC1. The first-order valence-electron chi connectivity index (χ1n) is 5.44. The second-order valence-electron chi connectivity index (χ2n) is 4.00. The normalized spacial score (nSPS) is 18.8. The summed E-state index contributed by atoms with van der Waals surface area (Å²) in [5, 5.41) is 13.9. The molecule has 2 amide bonds. The van der Waals surface area contributed by atoms with E-state index in [1.165, 1.54) is 0 Å². The summed E-state index contributed by atoms with van der Waals surface area (Å²) < 4.78 is 5.17. The van der Waals surface area contributed by atoms with E-state index in [2.05, 4.69) is 10.6 Å². The lowest BCUT2D eigenvalue weighted by molar-refractivity contribution is -0.137. The van der Waals surface area contributed by atoms with Crippen LogP contribution in [0.3, 0.4) is 0 Å². The van der Waals surface area contributed by atoms with Gasteiger partial charge in [-0.3, -0.25) is 4.79 Å². The zero-order chi connectivity index (χ0) is 12.0. The average molecular weight is 230 g/mol. The molecule has 92 valence electrons. The summed E-state index contributed by atoms with van der Waals surface area (Å²) in [4.78, 5) is 21.8. The Hall–Kier alpha value is -1.30. The van der Waals surface area contributed by atoms with Gasteiger partial charge in [0.1, 0.15) is 0 Å². The first-order chi connectivity index (χ1) is 7.58. The van der Waals surface area contributed by atoms with Crippen LogP contribution in [-0.4, -0.2) is 42.4 Å². The van der Waals surface area contributed by atoms with Crippen molar-refractivity contribution in [1.82, 2.24) is 10.6 Å². The van der Waals surface area contributed by atoms with Crippen LogP contribution in [0.25, 0.3) is 0 Å². The molecule has 1 aliphatic rings. The van der Waals surface area contributed by atoms with Gasteiger partial charge in [-0.1, -0.05) is 0 Å². The van der Waals surface area contributed by atoms with E-state index in [0.717, 1.165) is 12.8 Å². The summed E-state index contributed by atoms with van der Waals surface area (Å²) in [6.07, 6.45) is 1.54. The molecule has 0 saturated carbocycles. The second-order valence-corrected chi connectivity index (χ2v) is 4.00. The fraction of sp³-hybridized carbons (Fsp3) is 0.800. The van der Waals surface area contributed by atoms with E-state index in [4.69, 9.17) is 9.84 Å². The molecule has 16 heavy (non-hydrogen) atoms. The Labute approximate surface area is 94.3 Å². The first kappa shape index (κ1) is 12.8. The maximum atomic E-state index is 11.4. The van der Waals surface area contributed by atoms with E-state index in [9.17, 15) is 9.59 Å². The van der Waals surface area contributed by atoms with Crippen LogP contribution in [0.5, 0.6) is 0 Å². The molecule has 0 aromatic heterocycles. The zero-order valence-corrected chi connectivity index (χ0v) is 9.36. The van der Waals surface area contributed by atoms with Crippen molar-refractivity contribution in [2.24, 2.45) is 0 Å². The van der Waals surface area contributed by atoms with Gasteiger partial charge in [0.15, 0.2) is 0 Å². The molecule has 1 aliphatic heterocycles. The minimum Gasteiger partial charge on any atom is -0.481 e. The lowest BCUT2D eigenvalue weighted by Gasteiger charge is -2.24. The Kier molecular flexibility index (Phi) is 5.04. The summed E-state index contributed by atoms with van der Waals surface area (Å²) in [5.74, 6) is -0.918. The minimum atomic E-state index is -0.918. The summed E-state index contributed by atoms with van der Waals surface area (Å²) >= 11 is 0. The van der Waals surface area contributed by atoms with Gasteiger partial charge in [0.2, 0.25) is 0 Å². The van der Waals surface area contributed by atoms with Crippen molar-refractivity contribution in [1.29, 1.82) is 0 Å². The fourth-order valence-corrected chi connectivity index (χ4v) is 1.61. The van der Waals surface area contributed by atoms with E-state index in [0.29, 0.717) is 13.2 Å². The van der Waals surface area contributed by atoms with Gasteiger partial charge in [0.05, 0.1) is 6.42 Å². The zero-order valence-electron chi connectivity index (χ0n) is 9.36. The van der Waals surface area contributed by atoms with E-state index >= 15 is 0 Å². The molecule has 1 heterocycles. The van der Waals surface area contributed by atoms with Crippen LogP contribution in [0, 0.1) is 0 Å². The molecule has 0 bridgehead atoms. The maximum absolute atomic E-state index is 11.4. The number of hydrogen-bond donors (Lipinski definition) is 3. The second kappa shape index (κ2) is 6.32. The van der Waals surface area contributed by atoms with E-state index in [1.54, 1.807) is 6.92 Å². The van der Waals surface area contributed by atoms with Crippen molar-refractivity contribution in [2.75, 3.05) is 13.2 Å². The number of hydrogen-bond acceptors (Lipinski definition) is 3. The molecule has 1 rings (SSSR count). The van der Waals surface area contributed by atoms with Crippen molar-refractivity contribution in [3.63, 3.8) is 0 Å². The van der Waals surface area contributed by atoms with Gasteiger partial charge in [-0.2, -0.15) is 0 Å². The van der Waals surface area contributed by atoms with Crippen molar-refractivity contribution >= 4 is 12.0 Å². The molecular weight excluding hydrogens is 212 g/mol. The molecule has 0 aromatic rings. The number of carbonyl (C=O) groups excluding carboxylic acids is 1. The molecule has 1 atom stereocenters. The largest absolute Gasteiger partial charge is 0.481 e. The molecule has 3 N–H and O–H groups in total. The van der Waals surface area contributed by atoms with Crippen LogP contribution < -0.4 is 10.6 Å². The van der Waals surface area contributed by atoms with Crippen LogP contribution in [-0.2, 0) is 9.53 Å². The van der Waals surface area contributed by atoms with Gasteiger partial charge < -0.3 is 20.5 Å². The van der Waals surface area contributed by atoms with Crippen molar-refractivity contribution in [2.45, 2.75) is 38.3 Å². The molecular formula is C10H18N2O4. The van der Waals surface area contributed by atoms with Crippen molar-refractivity contribution in [3.8, 4) is 0 Å². The molecule has 0 aliphatic carbocycles. The number of rotatable bonds is 4. The monoisotopic (exact) mass is 230 g/mol. The molecule has 1 saturated heterocycles. The van der Waals surface area contributed by atoms with Crippen LogP contribution in [0.2, 0.25) is 0 Å². The number of nitrogens with one attached hydrogen (secondary N) is 2. The maximum Gasteiger partial charge on any atom is 0.315 e. The van der Waals surface area contributed by atoms with Crippen molar-refractivity contribution in [3.05, 3.63) is 0 Å². The topological polar surface area (TPSA) is 87.7 Å². The highest BCUT2D eigenvalue weighted by Gasteiger charge is 2.17. The number of aliphatic carboxylic acids is 1. The number of amides is 2. The van der Waals surface area contributed by atoms with Gasteiger partial charge in [-0.15, -0.1) is 0 Å². The Morgan fingerprint density at radius 1 is 1.44 bits per heavy atom. The van der Waals surface area contributed by atoms with Crippen LogP contribution in [0.1, 0.15) is 26.2 Å². The Bertz CT molecular complexity index is 251. The molecule has 1 fully saturated rings. The number of urea groups is 1. The van der Waals surface area contributed by atoms with Gasteiger partial charge in [-0.25, -0.2) is 4.79 Å². The highest BCUT2D eigenvalue weighted by atomic mass is 16.5. The minimum absolute atomic E-state index is 0.0683. The number of carbonyl (C=O) groups is 2. The number of carboxylic acid groups (broad SMARTS) is 1. The van der Waals surface area contributed by atoms with E-state index < -0.39 is 5.97 Å². The highest BCUT2D eigenvalue weighted by Crippen LogP contribution is 2.05. The molecule has 0 aromatic carbocycles. The lowest BCUT2D eigenvalue weighted by Crippen LogP contribution is -2.47.